The van der Waals surface area contributed by atoms with Crippen molar-refractivity contribution in [2.24, 2.45) is 0 Å². The summed E-state index contributed by atoms with van der Waals surface area (Å²) in [5, 5.41) is 11.4. The summed E-state index contributed by atoms with van der Waals surface area (Å²) in [6.07, 6.45) is 1.44. The number of anilines is 1. The highest BCUT2D eigenvalue weighted by Gasteiger charge is 2.08. The zero-order valence-electron chi connectivity index (χ0n) is 9.34. The topological polar surface area (TPSA) is 108 Å². The number of aromatic nitrogens is 2. The number of nitrogens with one attached hydrogen (secondary N) is 2. The van der Waals surface area contributed by atoms with Crippen LogP contribution in [0.15, 0.2) is 12.3 Å². The molecular formula is C9H13N5O2S. The first-order chi connectivity index (χ1) is 8.07. The molecule has 0 atom stereocenters. The second kappa shape index (κ2) is 6.12. The van der Waals surface area contributed by atoms with Crippen LogP contribution in [0.1, 0.15) is 12.6 Å². The van der Waals surface area contributed by atoms with E-state index in [1.807, 2.05) is 6.07 Å². The largest absolute Gasteiger partial charge is 0.353 e. The van der Waals surface area contributed by atoms with Gasteiger partial charge in [-0.05, 0) is 6.07 Å². The smallest absolute Gasteiger partial charge is 0.223 e. The van der Waals surface area contributed by atoms with Gasteiger partial charge in [0.1, 0.15) is 11.8 Å². The Balaban J connectivity index is 2.49. The number of rotatable bonds is 6. The molecule has 0 saturated carbocycles. The van der Waals surface area contributed by atoms with Crippen molar-refractivity contribution < 1.29 is 8.42 Å². The van der Waals surface area contributed by atoms with Crippen molar-refractivity contribution in [1.29, 1.82) is 5.26 Å². The second-order valence-electron chi connectivity index (χ2n) is 3.12. The Morgan fingerprint density at radius 1 is 1.53 bits per heavy atom. The van der Waals surface area contributed by atoms with Crippen LogP contribution in [0.4, 0.5) is 5.95 Å². The molecule has 1 aromatic heterocycles. The Morgan fingerprint density at radius 3 is 2.94 bits per heavy atom. The van der Waals surface area contributed by atoms with Crippen molar-refractivity contribution >= 4 is 16.0 Å². The SMILES string of the molecule is CCNS(=O)(=O)CCNc1nccc(C#N)n1. The highest BCUT2D eigenvalue weighted by atomic mass is 32.2. The van der Waals surface area contributed by atoms with Gasteiger partial charge in [0, 0.05) is 19.3 Å². The van der Waals surface area contributed by atoms with Crippen molar-refractivity contribution in [2.45, 2.75) is 6.92 Å². The van der Waals surface area contributed by atoms with Gasteiger partial charge in [-0.15, -0.1) is 0 Å². The van der Waals surface area contributed by atoms with E-state index in [0.717, 1.165) is 0 Å². The van der Waals surface area contributed by atoms with Crippen molar-refractivity contribution in [2.75, 3.05) is 24.2 Å². The van der Waals surface area contributed by atoms with Crippen LogP contribution in [-0.2, 0) is 10.0 Å². The summed E-state index contributed by atoms with van der Waals surface area (Å²) in [6, 6.07) is 3.35. The normalized spacial score (nSPS) is 10.8. The van der Waals surface area contributed by atoms with E-state index in [1.54, 1.807) is 6.92 Å². The molecule has 0 bridgehead atoms. The molecule has 1 rings (SSSR count). The minimum absolute atomic E-state index is 0.0685. The first-order valence-electron chi connectivity index (χ1n) is 5.01. The van der Waals surface area contributed by atoms with Crippen LogP contribution in [0.25, 0.3) is 0 Å². The Kier molecular flexibility index (Phi) is 4.81. The van der Waals surface area contributed by atoms with Gasteiger partial charge in [0.25, 0.3) is 0 Å². The summed E-state index contributed by atoms with van der Waals surface area (Å²) >= 11 is 0. The fourth-order valence-electron chi connectivity index (χ4n) is 1.10. The van der Waals surface area contributed by atoms with Gasteiger partial charge in [-0.1, -0.05) is 6.92 Å². The van der Waals surface area contributed by atoms with Crippen LogP contribution in [0.5, 0.6) is 0 Å². The van der Waals surface area contributed by atoms with Crippen LogP contribution in [0.3, 0.4) is 0 Å². The predicted molar refractivity (Wildman–Crippen MR) is 62.7 cm³/mol. The maximum Gasteiger partial charge on any atom is 0.223 e. The molecule has 0 saturated heterocycles. The quantitative estimate of drug-likeness (QED) is 0.722. The molecular weight excluding hydrogens is 242 g/mol. The molecule has 1 heterocycles. The zero-order chi connectivity index (χ0) is 12.7. The molecule has 0 aromatic carbocycles. The number of sulfonamides is 1. The van der Waals surface area contributed by atoms with Crippen LogP contribution in [0.2, 0.25) is 0 Å². The third-order valence-corrected chi connectivity index (χ3v) is 3.26. The molecule has 0 aliphatic heterocycles. The number of nitriles is 1. The average molecular weight is 255 g/mol. The summed E-state index contributed by atoms with van der Waals surface area (Å²) in [6.45, 7) is 2.26. The second-order valence-corrected chi connectivity index (χ2v) is 5.05. The fraction of sp³-hybridized carbons (Fsp3) is 0.444. The first-order valence-corrected chi connectivity index (χ1v) is 6.67. The van der Waals surface area contributed by atoms with E-state index in [1.165, 1.54) is 12.3 Å². The fourth-order valence-corrected chi connectivity index (χ4v) is 2.05. The number of hydrogen-bond acceptors (Lipinski definition) is 6. The van der Waals surface area contributed by atoms with Crippen LogP contribution < -0.4 is 10.0 Å². The Morgan fingerprint density at radius 2 is 2.29 bits per heavy atom. The lowest BCUT2D eigenvalue weighted by Gasteiger charge is -2.05. The molecule has 0 spiro atoms. The van der Waals surface area contributed by atoms with E-state index in [-0.39, 0.29) is 23.9 Å². The van der Waals surface area contributed by atoms with E-state index >= 15 is 0 Å². The number of nitrogens with zero attached hydrogens (tertiary/aromatic N) is 3. The monoisotopic (exact) mass is 255 g/mol. The molecule has 17 heavy (non-hydrogen) atoms. The van der Waals surface area contributed by atoms with Gasteiger partial charge in [0.15, 0.2) is 0 Å². The highest BCUT2D eigenvalue weighted by molar-refractivity contribution is 7.89. The van der Waals surface area contributed by atoms with Gasteiger partial charge >= 0.3 is 0 Å². The lowest BCUT2D eigenvalue weighted by Crippen LogP contribution is -2.29. The lowest BCUT2D eigenvalue weighted by molar-refractivity contribution is 0.584. The molecule has 1 aromatic rings. The summed E-state index contributed by atoms with van der Waals surface area (Å²) in [7, 11) is -3.25. The van der Waals surface area contributed by atoms with Crippen LogP contribution in [-0.4, -0.2) is 37.2 Å². The van der Waals surface area contributed by atoms with Crippen molar-refractivity contribution in [1.82, 2.24) is 14.7 Å². The van der Waals surface area contributed by atoms with Gasteiger partial charge in [0.2, 0.25) is 16.0 Å². The van der Waals surface area contributed by atoms with Crippen LogP contribution in [0, 0.1) is 11.3 Å². The van der Waals surface area contributed by atoms with Crippen LogP contribution >= 0.6 is 0 Å². The summed E-state index contributed by atoms with van der Waals surface area (Å²) < 4.78 is 25.0. The molecule has 8 heteroatoms. The predicted octanol–water partition coefficient (Wildman–Crippen LogP) is -0.301. The standard InChI is InChI=1S/C9H13N5O2S/c1-2-13-17(15,16)6-5-12-9-11-4-3-8(7-10)14-9/h3-4,13H,2,5-6H2,1H3,(H,11,12,14). The maximum absolute atomic E-state index is 11.3. The van der Waals surface area contributed by atoms with Crippen molar-refractivity contribution in [3.05, 3.63) is 18.0 Å². The third kappa shape index (κ3) is 4.76. The van der Waals surface area contributed by atoms with Gasteiger partial charge < -0.3 is 5.32 Å². The Hall–Kier alpha value is -1.72. The molecule has 0 radical (unpaired) electrons. The average Bonchev–Trinajstić information content (AvgIpc) is 2.29. The minimum atomic E-state index is -3.25. The minimum Gasteiger partial charge on any atom is -0.353 e. The summed E-state index contributed by atoms with van der Waals surface area (Å²) in [5.41, 5.74) is 0.233. The third-order valence-electron chi connectivity index (χ3n) is 1.79. The zero-order valence-corrected chi connectivity index (χ0v) is 10.2. The molecule has 7 nitrogen and oxygen atoms in total. The highest BCUT2D eigenvalue weighted by Crippen LogP contribution is 1.98. The maximum atomic E-state index is 11.3. The Bertz CT molecular complexity index is 508. The number of hydrogen-bond donors (Lipinski definition) is 2. The molecule has 0 aliphatic carbocycles. The van der Waals surface area contributed by atoms with E-state index in [9.17, 15) is 8.42 Å². The molecule has 0 unspecified atom stereocenters. The van der Waals surface area contributed by atoms with Gasteiger partial charge in [-0.3, -0.25) is 0 Å². The molecule has 92 valence electrons. The van der Waals surface area contributed by atoms with E-state index in [0.29, 0.717) is 6.54 Å². The van der Waals surface area contributed by atoms with Gasteiger partial charge in [-0.25, -0.2) is 23.1 Å². The summed E-state index contributed by atoms with van der Waals surface area (Å²) in [5.74, 6) is 0.178. The Labute approximate surface area is 99.9 Å². The van der Waals surface area contributed by atoms with E-state index < -0.39 is 10.0 Å². The molecule has 0 fully saturated rings. The van der Waals surface area contributed by atoms with Gasteiger partial charge in [0.05, 0.1) is 5.75 Å². The molecule has 2 N–H and O–H groups in total. The van der Waals surface area contributed by atoms with E-state index in [4.69, 9.17) is 5.26 Å². The van der Waals surface area contributed by atoms with Crippen molar-refractivity contribution in [3.63, 3.8) is 0 Å². The van der Waals surface area contributed by atoms with Gasteiger partial charge in [-0.2, -0.15) is 5.26 Å². The lowest BCUT2D eigenvalue weighted by atomic mass is 10.4. The van der Waals surface area contributed by atoms with Crippen molar-refractivity contribution in [3.8, 4) is 6.07 Å². The van der Waals surface area contributed by atoms with E-state index in [2.05, 4.69) is 20.0 Å². The molecule has 0 aliphatic rings. The first kappa shape index (κ1) is 13.3. The molecule has 0 amide bonds. The summed E-state index contributed by atoms with van der Waals surface area (Å²) in [4.78, 5) is 7.72.